The molecule has 0 amide bonds. The molecular weight excluding hydrogens is 269 g/mol. The number of nitrogen functional groups attached to an aromatic ring is 1. The Hall–Kier alpha value is -1.19. The highest BCUT2D eigenvalue weighted by molar-refractivity contribution is 6.33. The molecule has 1 aromatic heterocycles. The first-order chi connectivity index (χ1) is 8.49. The van der Waals surface area contributed by atoms with Gasteiger partial charge in [0.05, 0.1) is 11.7 Å². The van der Waals surface area contributed by atoms with E-state index >= 15 is 0 Å². The SMILES string of the molecule is Cc1nn(C(C)Cc2ccc(Cl)cc2)c(N)c1Cl. The van der Waals surface area contributed by atoms with Crippen molar-refractivity contribution in [3.63, 3.8) is 0 Å². The van der Waals surface area contributed by atoms with Crippen molar-refractivity contribution < 1.29 is 0 Å². The van der Waals surface area contributed by atoms with Gasteiger partial charge in [-0.25, -0.2) is 4.68 Å². The topological polar surface area (TPSA) is 43.8 Å². The molecule has 2 aromatic rings. The number of aryl methyl sites for hydroxylation is 1. The molecule has 0 fully saturated rings. The molecule has 0 saturated heterocycles. The summed E-state index contributed by atoms with van der Waals surface area (Å²) in [5.74, 6) is 0.524. The Morgan fingerprint density at radius 1 is 1.28 bits per heavy atom. The van der Waals surface area contributed by atoms with Crippen LogP contribution in [0.25, 0.3) is 0 Å². The Morgan fingerprint density at radius 3 is 2.39 bits per heavy atom. The van der Waals surface area contributed by atoms with Gasteiger partial charge in [0.2, 0.25) is 0 Å². The number of nitrogens with zero attached hydrogens (tertiary/aromatic N) is 2. The van der Waals surface area contributed by atoms with E-state index in [1.807, 2.05) is 31.2 Å². The van der Waals surface area contributed by atoms with Gasteiger partial charge in [-0.3, -0.25) is 0 Å². The average molecular weight is 284 g/mol. The van der Waals surface area contributed by atoms with Crippen LogP contribution in [0.2, 0.25) is 10.0 Å². The minimum Gasteiger partial charge on any atom is -0.383 e. The zero-order valence-electron chi connectivity index (χ0n) is 10.3. The number of aromatic nitrogens is 2. The molecule has 0 aliphatic carbocycles. The summed E-state index contributed by atoms with van der Waals surface area (Å²) in [7, 11) is 0. The number of hydrogen-bond donors (Lipinski definition) is 1. The van der Waals surface area contributed by atoms with E-state index in [2.05, 4.69) is 12.0 Å². The van der Waals surface area contributed by atoms with E-state index in [9.17, 15) is 0 Å². The zero-order valence-corrected chi connectivity index (χ0v) is 11.8. The minimum absolute atomic E-state index is 0.150. The molecule has 1 aromatic carbocycles. The quantitative estimate of drug-likeness (QED) is 0.929. The number of rotatable bonds is 3. The normalized spacial score (nSPS) is 12.7. The first-order valence-electron chi connectivity index (χ1n) is 5.73. The molecule has 2 rings (SSSR count). The van der Waals surface area contributed by atoms with Gasteiger partial charge < -0.3 is 5.73 Å². The van der Waals surface area contributed by atoms with Crippen LogP contribution in [0.15, 0.2) is 24.3 Å². The van der Waals surface area contributed by atoms with Crippen molar-refractivity contribution in [2.45, 2.75) is 26.3 Å². The van der Waals surface area contributed by atoms with E-state index in [0.29, 0.717) is 10.8 Å². The van der Waals surface area contributed by atoms with Crippen LogP contribution in [0.1, 0.15) is 24.2 Å². The molecule has 3 nitrogen and oxygen atoms in total. The number of hydrogen-bond acceptors (Lipinski definition) is 2. The van der Waals surface area contributed by atoms with Gasteiger partial charge in [-0.05, 0) is 38.0 Å². The second-order valence-electron chi connectivity index (χ2n) is 4.41. The summed E-state index contributed by atoms with van der Waals surface area (Å²) in [6.45, 7) is 3.91. The average Bonchev–Trinajstić information content (AvgIpc) is 2.60. The van der Waals surface area contributed by atoms with Crippen LogP contribution in [-0.4, -0.2) is 9.78 Å². The van der Waals surface area contributed by atoms with E-state index in [4.69, 9.17) is 28.9 Å². The fourth-order valence-corrected chi connectivity index (χ4v) is 2.18. The van der Waals surface area contributed by atoms with Gasteiger partial charge in [0.15, 0.2) is 0 Å². The third kappa shape index (κ3) is 2.62. The van der Waals surface area contributed by atoms with Crippen molar-refractivity contribution in [1.82, 2.24) is 9.78 Å². The molecular formula is C13H15Cl2N3. The van der Waals surface area contributed by atoms with Crippen molar-refractivity contribution in [1.29, 1.82) is 0 Å². The lowest BCUT2D eigenvalue weighted by Gasteiger charge is -2.14. The van der Waals surface area contributed by atoms with Gasteiger partial charge in [-0.15, -0.1) is 0 Å². The monoisotopic (exact) mass is 283 g/mol. The van der Waals surface area contributed by atoms with Gasteiger partial charge in [0.1, 0.15) is 10.8 Å². The Morgan fingerprint density at radius 2 is 1.89 bits per heavy atom. The van der Waals surface area contributed by atoms with Crippen LogP contribution in [0.5, 0.6) is 0 Å². The van der Waals surface area contributed by atoms with Crippen LogP contribution in [0, 0.1) is 6.92 Å². The van der Waals surface area contributed by atoms with Crippen molar-refractivity contribution in [3.8, 4) is 0 Å². The Labute approximate surface area is 117 Å². The van der Waals surface area contributed by atoms with Gasteiger partial charge in [-0.1, -0.05) is 35.3 Å². The van der Waals surface area contributed by atoms with Gasteiger partial charge in [0.25, 0.3) is 0 Å². The molecule has 0 radical (unpaired) electrons. The predicted molar refractivity (Wildman–Crippen MR) is 76.3 cm³/mol. The zero-order chi connectivity index (χ0) is 13.3. The standard InChI is InChI=1S/C13H15Cl2N3/c1-8(7-10-3-5-11(14)6-4-10)18-13(16)12(15)9(2)17-18/h3-6,8H,7,16H2,1-2H3. The van der Waals surface area contributed by atoms with Crippen LogP contribution < -0.4 is 5.73 Å². The largest absolute Gasteiger partial charge is 0.383 e. The molecule has 18 heavy (non-hydrogen) atoms. The second kappa shape index (κ2) is 5.21. The molecule has 1 heterocycles. The Bertz CT molecular complexity index is 546. The molecule has 1 atom stereocenters. The molecule has 0 saturated carbocycles. The fraction of sp³-hybridized carbons (Fsp3) is 0.308. The van der Waals surface area contributed by atoms with Crippen molar-refractivity contribution >= 4 is 29.0 Å². The minimum atomic E-state index is 0.150. The third-order valence-electron chi connectivity index (χ3n) is 2.91. The van der Waals surface area contributed by atoms with E-state index in [-0.39, 0.29) is 6.04 Å². The Kier molecular flexibility index (Phi) is 3.83. The highest BCUT2D eigenvalue weighted by Gasteiger charge is 2.15. The van der Waals surface area contributed by atoms with E-state index in [1.54, 1.807) is 4.68 Å². The Balaban J connectivity index is 2.19. The summed E-state index contributed by atoms with van der Waals surface area (Å²) in [5.41, 5.74) is 7.88. The highest BCUT2D eigenvalue weighted by atomic mass is 35.5. The fourth-order valence-electron chi connectivity index (χ4n) is 1.93. The number of halogens is 2. The van der Waals surface area contributed by atoms with E-state index in [0.717, 1.165) is 17.1 Å². The van der Waals surface area contributed by atoms with Gasteiger partial charge in [0, 0.05) is 5.02 Å². The molecule has 0 aliphatic rings. The number of nitrogens with two attached hydrogens (primary N) is 1. The molecule has 0 bridgehead atoms. The van der Waals surface area contributed by atoms with Crippen LogP contribution in [-0.2, 0) is 6.42 Å². The first kappa shape index (κ1) is 13.2. The lowest BCUT2D eigenvalue weighted by Crippen LogP contribution is -2.12. The summed E-state index contributed by atoms with van der Waals surface area (Å²) < 4.78 is 1.77. The lowest BCUT2D eigenvalue weighted by molar-refractivity contribution is 0.493. The van der Waals surface area contributed by atoms with Gasteiger partial charge in [-0.2, -0.15) is 5.10 Å². The summed E-state index contributed by atoms with van der Waals surface area (Å²) in [6, 6.07) is 7.93. The van der Waals surface area contributed by atoms with Crippen LogP contribution in [0.4, 0.5) is 5.82 Å². The van der Waals surface area contributed by atoms with E-state index < -0.39 is 0 Å². The highest BCUT2D eigenvalue weighted by Crippen LogP contribution is 2.26. The van der Waals surface area contributed by atoms with Crippen molar-refractivity contribution in [2.24, 2.45) is 0 Å². The molecule has 5 heteroatoms. The molecule has 0 aliphatic heterocycles. The summed E-state index contributed by atoms with van der Waals surface area (Å²) in [5, 5.41) is 5.64. The maximum absolute atomic E-state index is 6.04. The lowest BCUT2D eigenvalue weighted by atomic mass is 10.1. The van der Waals surface area contributed by atoms with E-state index in [1.165, 1.54) is 5.56 Å². The summed E-state index contributed by atoms with van der Waals surface area (Å²) in [4.78, 5) is 0. The number of benzene rings is 1. The molecule has 96 valence electrons. The maximum Gasteiger partial charge on any atom is 0.141 e. The number of anilines is 1. The second-order valence-corrected chi connectivity index (χ2v) is 5.22. The molecule has 0 spiro atoms. The summed E-state index contributed by atoms with van der Waals surface area (Å²) >= 11 is 11.9. The van der Waals surface area contributed by atoms with Crippen molar-refractivity contribution in [3.05, 3.63) is 45.6 Å². The molecule has 2 N–H and O–H groups in total. The predicted octanol–water partition coefficient (Wildman–Crippen LogP) is 3.88. The molecule has 1 unspecified atom stereocenters. The van der Waals surface area contributed by atoms with Gasteiger partial charge >= 0.3 is 0 Å². The third-order valence-corrected chi connectivity index (χ3v) is 3.63. The van der Waals surface area contributed by atoms with Crippen molar-refractivity contribution in [2.75, 3.05) is 5.73 Å². The van der Waals surface area contributed by atoms with Crippen LogP contribution in [0.3, 0.4) is 0 Å². The maximum atomic E-state index is 6.04. The first-order valence-corrected chi connectivity index (χ1v) is 6.49. The van der Waals surface area contributed by atoms with Crippen LogP contribution >= 0.6 is 23.2 Å². The summed E-state index contributed by atoms with van der Waals surface area (Å²) in [6.07, 6.45) is 0.832. The smallest absolute Gasteiger partial charge is 0.141 e.